The van der Waals surface area contributed by atoms with Crippen molar-refractivity contribution in [1.82, 2.24) is 0 Å². The fraction of sp³-hybridized carbons (Fsp3) is 0.444. The van der Waals surface area contributed by atoms with Crippen molar-refractivity contribution < 1.29 is 27.4 Å². The van der Waals surface area contributed by atoms with Crippen LogP contribution < -0.4 is 9.47 Å². The Labute approximate surface area is 192 Å². The zero-order valence-corrected chi connectivity index (χ0v) is 18.8. The van der Waals surface area contributed by atoms with Gasteiger partial charge in [-0.3, -0.25) is 0 Å². The molecule has 0 saturated heterocycles. The largest absolute Gasteiger partial charge is 0.492 e. The predicted octanol–water partition coefficient (Wildman–Crippen LogP) is 7.94. The van der Waals surface area contributed by atoms with Gasteiger partial charge in [-0.05, 0) is 37.5 Å². The van der Waals surface area contributed by atoms with Crippen LogP contribution in [-0.2, 0) is 4.74 Å². The molecule has 0 unspecified atom stereocenters. The minimum Gasteiger partial charge on any atom is -0.492 e. The Morgan fingerprint density at radius 3 is 2.03 bits per heavy atom. The number of unbranched alkanes of at least 4 members (excludes halogenated alkanes) is 1. The van der Waals surface area contributed by atoms with Crippen LogP contribution in [0, 0.1) is 0 Å². The summed E-state index contributed by atoms with van der Waals surface area (Å²) in [4.78, 5) is 0. The standard InChI is InChI=1S/C18H18Cl5F3O3/c19-14(18(24,25)26)4-3-9-27-8-1-2-10-28-12-5-6-13(17(23)16(12)22)29-11-7-15(20)21/h4-7H,1-3,8-11H2/b14-4-. The van der Waals surface area contributed by atoms with Crippen LogP contribution in [0.25, 0.3) is 0 Å². The number of allylic oxidation sites excluding steroid dienone is 1. The molecule has 0 saturated carbocycles. The van der Waals surface area contributed by atoms with Crippen LogP contribution in [0.4, 0.5) is 13.2 Å². The second-order valence-electron chi connectivity index (χ2n) is 5.50. The molecule has 0 spiro atoms. The molecule has 0 radical (unpaired) electrons. The molecule has 0 fully saturated rings. The van der Waals surface area contributed by atoms with Crippen molar-refractivity contribution in [3.05, 3.63) is 43.9 Å². The number of ether oxygens (including phenoxy) is 3. The van der Waals surface area contributed by atoms with Gasteiger partial charge in [-0.2, -0.15) is 13.2 Å². The first-order chi connectivity index (χ1) is 13.6. The number of hydrogen-bond donors (Lipinski definition) is 0. The molecule has 0 aliphatic carbocycles. The van der Waals surface area contributed by atoms with E-state index in [9.17, 15) is 13.2 Å². The summed E-state index contributed by atoms with van der Waals surface area (Å²) in [6.07, 6.45) is -0.753. The third-order valence-corrected chi connectivity index (χ3v) is 4.81. The highest BCUT2D eigenvalue weighted by molar-refractivity contribution is 6.55. The van der Waals surface area contributed by atoms with Crippen LogP contribution in [0.3, 0.4) is 0 Å². The zero-order valence-electron chi connectivity index (χ0n) is 15.0. The molecule has 29 heavy (non-hydrogen) atoms. The first-order valence-corrected chi connectivity index (χ1v) is 10.3. The summed E-state index contributed by atoms with van der Waals surface area (Å²) in [7, 11) is 0. The van der Waals surface area contributed by atoms with Crippen molar-refractivity contribution >= 4 is 58.0 Å². The van der Waals surface area contributed by atoms with Crippen LogP contribution in [0.2, 0.25) is 10.0 Å². The Bertz CT molecular complexity index is 705. The Morgan fingerprint density at radius 2 is 1.45 bits per heavy atom. The van der Waals surface area contributed by atoms with Gasteiger partial charge in [0.15, 0.2) is 0 Å². The van der Waals surface area contributed by atoms with Gasteiger partial charge < -0.3 is 14.2 Å². The van der Waals surface area contributed by atoms with E-state index in [4.69, 9.17) is 72.2 Å². The molecule has 0 atom stereocenters. The first kappa shape index (κ1) is 26.5. The highest BCUT2D eigenvalue weighted by Gasteiger charge is 2.31. The summed E-state index contributed by atoms with van der Waals surface area (Å²) < 4.78 is 52.8. The molecule has 1 rings (SSSR count). The van der Waals surface area contributed by atoms with Gasteiger partial charge in [0.2, 0.25) is 0 Å². The van der Waals surface area contributed by atoms with E-state index in [-0.39, 0.29) is 34.2 Å². The highest BCUT2D eigenvalue weighted by Crippen LogP contribution is 2.39. The molecule has 164 valence electrons. The molecule has 11 heteroatoms. The average Bonchev–Trinajstić information content (AvgIpc) is 2.64. The van der Waals surface area contributed by atoms with Gasteiger partial charge in [0, 0.05) is 6.61 Å². The van der Waals surface area contributed by atoms with Gasteiger partial charge in [0.05, 0.1) is 13.2 Å². The second-order valence-corrected chi connectivity index (χ2v) is 7.67. The molecule has 0 aliphatic heterocycles. The number of halogens is 8. The molecule has 3 nitrogen and oxygen atoms in total. The van der Waals surface area contributed by atoms with Gasteiger partial charge in [-0.1, -0.05) is 64.1 Å². The normalized spacial score (nSPS) is 12.1. The number of rotatable bonds is 12. The van der Waals surface area contributed by atoms with Crippen LogP contribution >= 0.6 is 58.0 Å². The molecule has 0 N–H and O–H groups in total. The highest BCUT2D eigenvalue weighted by atomic mass is 35.5. The van der Waals surface area contributed by atoms with Crippen molar-refractivity contribution in [2.24, 2.45) is 0 Å². The van der Waals surface area contributed by atoms with Crippen molar-refractivity contribution in [3.63, 3.8) is 0 Å². The quantitative estimate of drug-likeness (QED) is 0.264. The van der Waals surface area contributed by atoms with Gasteiger partial charge in [0.25, 0.3) is 0 Å². The van der Waals surface area contributed by atoms with Gasteiger partial charge in [0.1, 0.15) is 37.7 Å². The summed E-state index contributed by atoms with van der Waals surface area (Å²) >= 11 is 28.4. The number of benzene rings is 1. The monoisotopic (exact) mass is 514 g/mol. The molecule has 0 aromatic heterocycles. The minimum absolute atomic E-state index is 0.0812. The molecule has 0 bridgehead atoms. The second kappa shape index (κ2) is 13.7. The average molecular weight is 517 g/mol. The maximum absolute atomic E-state index is 12.2. The number of hydrogen-bond acceptors (Lipinski definition) is 3. The Hall–Kier alpha value is -0.500. The fourth-order valence-electron chi connectivity index (χ4n) is 1.91. The van der Waals surface area contributed by atoms with Crippen LogP contribution in [0.1, 0.15) is 19.3 Å². The van der Waals surface area contributed by atoms with E-state index in [0.29, 0.717) is 37.6 Å². The Morgan fingerprint density at radius 1 is 0.862 bits per heavy atom. The van der Waals surface area contributed by atoms with Gasteiger partial charge >= 0.3 is 6.18 Å². The van der Waals surface area contributed by atoms with Crippen molar-refractivity contribution in [1.29, 1.82) is 0 Å². The number of alkyl halides is 3. The summed E-state index contributed by atoms with van der Waals surface area (Å²) in [5, 5.41) is -0.715. The van der Waals surface area contributed by atoms with Crippen LogP contribution in [0.15, 0.2) is 33.8 Å². The molecule has 0 amide bonds. The third kappa shape index (κ3) is 10.9. The van der Waals surface area contributed by atoms with Crippen molar-refractivity contribution in [2.45, 2.75) is 25.4 Å². The van der Waals surface area contributed by atoms with E-state index in [1.807, 2.05) is 0 Å². The summed E-state index contributed by atoms with van der Waals surface area (Å²) in [5.74, 6) is 0.769. The smallest absolute Gasteiger partial charge is 0.426 e. The molecular weight excluding hydrogens is 498 g/mol. The SMILES string of the molecule is FC(F)(F)/C(Cl)=C/CCOCCCCOc1ccc(OCC=C(Cl)Cl)c(Cl)c1Cl. The lowest BCUT2D eigenvalue weighted by atomic mass is 10.3. The van der Waals surface area contributed by atoms with E-state index in [0.717, 1.165) is 6.08 Å². The van der Waals surface area contributed by atoms with E-state index in [2.05, 4.69) is 0 Å². The lowest BCUT2D eigenvalue weighted by molar-refractivity contribution is -0.0848. The summed E-state index contributed by atoms with van der Waals surface area (Å²) in [6, 6.07) is 3.24. The fourth-order valence-corrected chi connectivity index (χ4v) is 2.56. The topological polar surface area (TPSA) is 27.7 Å². The van der Waals surface area contributed by atoms with Gasteiger partial charge in [-0.15, -0.1) is 0 Å². The summed E-state index contributed by atoms with van der Waals surface area (Å²) in [6.45, 7) is 1.04. The lowest BCUT2D eigenvalue weighted by Crippen LogP contribution is -2.07. The molecular formula is C18H18Cl5F3O3. The Kier molecular flexibility index (Phi) is 12.6. The summed E-state index contributed by atoms with van der Waals surface area (Å²) in [5.41, 5.74) is 0. The molecule has 1 aromatic rings. The lowest BCUT2D eigenvalue weighted by Gasteiger charge is -2.12. The maximum atomic E-state index is 12.2. The van der Waals surface area contributed by atoms with E-state index in [1.54, 1.807) is 12.1 Å². The van der Waals surface area contributed by atoms with Crippen LogP contribution in [0.5, 0.6) is 11.5 Å². The zero-order chi connectivity index (χ0) is 21.9. The van der Waals surface area contributed by atoms with Crippen LogP contribution in [-0.4, -0.2) is 32.6 Å². The van der Waals surface area contributed by atoms with Crippen molar-refractivity contribution in [3.8, 4) is 11.5 Å². The van der Waals surface area contributed by atoms with E-state index in [1.165, 1.54) is 6.08 Å². The molecule has 0 heterocycles. The first-order valence-electron chi connectivity index (χ1n) is 8.38. The van der Waals surface area contributed by atoms with E-state index < -0.39 is 11.2 Å². The molecule has 1 aromatic carbocycles. The minimum atomic E-state index is -4.51. The third-order valence-electron chi connectivity index (χ3n) is 3.29. The van der Waals surface area contributed by atoms with E-state index >= 15 is 0 Å². The predicted molar refractivity (Wildman–Crippen MR) is 112 cm³/mol. The Balaban J connectivity index is 2.26. The van der Waals surface area contributed by atoms with Crippen molar-refractivity contribution in [2.75, 3.05) is 26.4 Å². The molecule has 0 aliphatic rings. The maximum Gasteiger partial charge on any atom is 0.426 e. The van der Waals surface area contributed by atoms with Gasteiger partial charge in [-0.25, -0.2) is 0 Å².